The predicted molar refractivity (Wildman–Crippen MR) is 127 cm³/mol. The lowest BCUT2D eigenvalue weighted by molar-refractivity contribution is -0.125. The van der Waals surface area contributed by atoms with E-state index in [4.69, 9.17) is 4.84 Å². The maximum Gasteiger partial charge on any atom is 0.261 e. The topological polar surface area (TPSA) is 70.9 Å². The summed E-state index contributed by atoms with van der Waals surface area (Å²) in [6, 6.07) is 3.99. The van der Waals surface area contributed by atoms with Crippen LogP contribution >= 0.6 is 11.3 Å². The number of amides is 1. The number of oxime groups is 1. The van der Waals surface area contributed by atoms with Crippen molar-refractivity contribution in [1.29, 1.82) is 0 Å². The van der Waals surface area contributed by atoms with Crippen molar-refractivity contribution in [2.24, 2.45) is 33.7 Å². The van der Waals surface area contributed by atoms with Crippen molar-refractivity contribution in [3.8, 4) is 0 Å². The van der Waals surface area contributed by atoms with Gasteiger partial charge < -0.3 is 15.3 Å². The first-order chi connectivity index (χ1) is 15.4. The molecule has 2 N–H and O–H groups in total. The van der Waals surface area contributed by atoms with E-state index in [-0.39, 0.29) is 29.4 Å². The van der Waals surface area contributed by atoms with Gasteiger partial charge in [-0.05, 0) is 97.5 Å². The third-order valence-corrected chi connectivity index (χ3v) is 10.2. The van der Waals surface area contributed by atoms with Gasteiger partial charge >= 0.3 is 0 Å². The van der Waals surface area contributed by atoms with Crippen LogP contribution in [0.3, 0.4) is 0 Å². The highest BCUT2D eigenvalue weighted by molar-refractivity contribution is 7.09. The SMILES string of the molecule is C[C@]12CC[C@@H]3[C@@H](CCC4=CC(=NOCC(=O)NCc5cccs5)CC[C@@]43C)[C@H]1CC[C@H]2O. The third kappa shape index (κ3) is 3.83. The minimum atomic E-state index is -0.138. The second-order valence-corrected chi connectivity index (χ2v) is 11.9. The van der Waals surface area contributed by atoms with Crippen LogP contribution in [-0.2, 0) is 16.2 Å². The Balaban J connectivity index is 1.20. The maximum absolute atomic E-state index is 12.0. The Labute approximate surface area is 195 Å². The molecule has 0 aliphatic heterocycles. The van der Waals surface area contributed by atoms with Gasteiger partial charge in [-0.1, -0.05) is 30.6 Å². The summed E-state index contributed by atoms with van der Waals surface area (Å²) in [5, 5.41) is 19.8. The molecule has 0 aromatic carbocycles. The fourth-order valence-electron chi connectivity index (χ4n) is 7.44. The lowest BCUT2D eigenvalue weighted by Gasteiger charge is -2.57. The Morgan fingerprint density at radius 2 is 2.09 bits per heavy atom. The normalized spacial score (nSPS) is 39.6. The molecular weight excluding hydrogens is 420 g/mol. The van der Waals surface area contributed by atoms with Crippen LogP contribution in [0.4, 0.5) is 0 Å². The zero-order valence-electron chi connectivity index (χ0n) is 19.3. The van der Waals surface area contributed by atoms with Crippen molar-refractivity contribution in [2.75, 3.05) is 6.61 Å². The fourth-order valence-corrected chi connectivity index (χ4v) is 8.08. The summed E-state index contributed by atoms with van der Waals surface area (Å²) in [5.41, 5.74) is 2.88. The number of nitrogens with one attached hydrogen (secondary N) is 1. The first-order valence-corrected chi connectivity index (χ1v) is 13.1. The van der Waals surface area contributed by atoms with Gasteiger partial charge in [-0.25, -0.2) is 0 Å². The molecule has 1 heterocycles. The molecule has 4 aliphatic carbocycles. The van der Waals surface area contributed by atoms with Crippen molar-refractivity contribution in [1.82, 2.24) is 5.32 Å². The molecule has 5 nitrogen and oxygen atoms in total. The fraction of sp³-hybridized carbons (Fsp3) is 0.692. The summed E-state index contributed by atoms with van der Waals surface area (Å²) < 4.78 is 0. The third-order valence-electron chi connectivity index (χ3n) is 9.34. The number of nitrogens with zero attached hydrogens (tertiary/aromatic N) is 1. The average Bonchev–Trinajstić information content (AvgIpc) is 3.40. The molecule has 5 rings (SSSR count). The van der Waals surface area contributed by atoms with E-state index in [1.165, 1.54) is 24.8 Å². The first kappa shape index (κ1) is 22.1. The number of thiophene rings is 1. The molecule has 0 bridgehead atoms. The summed E-state index contributed by atoms with van der Waals surface area (Å²) in [5.74, 6) is 2.01. The van der Waals surface area contributed by atoms with E-state index < -0.39 is 0 Å². The minimum absolute atomic E-state index is 0.0391. The van der Waals surface area contributed by atoms with Crippen molar-refractivity contribution < 1.29 is 14.7 Å². The van der Waals surface area contributed by atoms with Gasteiger partial charge in [-0.3, -0.25) is 4.79 Å². The number of aliphatic hydroxyl groups excluding tert-OH is 1. The number of allylic oxidation sites excluding steroid dienone is 2. The molecule has 0 spiro atoms. The molecule has 0 radical (unpaired) electrons. The quantitative estimate of drug-likeness (QED) is 0.609. The van der Waals surface area contributed by atoms with Gasteiger partial charge in [0.05, 0.1) is 18.4 Å². The summed E-state index contributed by atoms with van der Waals surface area (Å²) in [6.07, 6.45) is 11.1. The summed E-state index contributed by atoms with van der Waals surface area (Å²) in [6.45, 7) is 5.32. The Morgan fingerprint density at radius 3 is 2.91 bits per heavy atom. The molecule has 1 aromatic heterocycles. The highest BCUT2D eigenvalue weighted by Crippen LogP contribution is 2.65. The molecule has 3 saturated carbocycles. The van der Waals surface area contributed by atoms with Crippen LogP contribution < -0.4 is 5.32 Å². The average molecular weight is 457 g/mol. The molecule has 1 aromatic rings. The van der Waals surface area contributed by atoms with Gasteiger partial charge in [0.15, 0.2) is 6.61 Å². The van der Waals surface area contributed by atoms with Gasteiger partial charge in [0.2, 0.25) is 0 Å². The molecule has 6 atom stereocenters. The van der Waals surface area contributed by atoms with E-state index in [9.17, 15) is 9.90 Å². The van der Waals surface area contributed by atoms with Gasteiger partial charge in [-0.15, -0.1) is 11.3 Å². The van der Waals surface area contributed by atoms with E-state index >= 15 is 0 Å². The molecule has 3 fully saturated rings. The van der Waals surface area contributed by atoms with E-state index in [1.54, 1.807) is 11.3 Å². The van der Waals surface area contributed by atoms with Crippen LogP contribution in [0.25, 0.3) is 0 Å². The van der Waals surface area contributed by atoms with Crippen LogP contribution in [0, 0.1) is 28.6 Å². The van der Waals surface area contributed by atoms with Gasteiger partial charge in [-0.2, -0.15) is 0 Å². The smallest absolute Gasteiger partial charge is 0.261 e. The first-order valence-electron chi connectivity index (χ1n) is 12.3. The maximum atomic E-state index is 12.0. The highest BCUT2D eigenvalue weighted by atomic mass is 32.1. The van der Waals surface area contributed by atoms with Crippen LogP contribution in [0.2, 0.25) is 0 Å². The van der Waals surface area contributed by atoms with Gasteiger partial charge in [0.1, 0.15) is 0 Å². The number of hydrogen-bond acceptors (Lipinski definition) is 5. The molecule has 0 unspecified atom stereocenters. The standard InChI is InChI=1S/C26H36N2O3S/c1-25-11-9-18(28-31-16-24(30)27-15-19-4-3-13-32-19)14-17(25)5-6-20-21-7-8-23(29)26(21,2)12-10-22(20)25/h3-4,13-14,20-23,29H,5-12,15-16H2,1-2H3,(H,27,30)/t20-,21+,22+,23+,25-,26-/m0/s1. The summed E-state index contributed by atoms with van der Waals surface area (Å²) in [7, 11) is 0. The van der Waals surface area contributed by atoms with Crippen molar-refractivity contribution in [3.63, 3.8) is 0 Å². The minimum Gasteiger partial charge on any atom is -0.393 e. The lowest BCUT2D eigenvalue weighted by Crippen LogP contribution is -2.51. The molecule has 4 aliphatic rings. The largest absolute Gasteiger partial charge is 0.393 e. The molecule has 0 saturated heterocycles. The number of hydrogen-bond donors (Lipinski definition) is 2. The van der Waals surface area contributed by atoms with Crippen molar-refractivity contribution >= 4 is 23.0 Å². The Hall–Kier alpha value is -1.66. The lowest BCUT2D eigenvalue weighted by atomic mass is 9.47. The van der Waals surface area contributed by atoms with Crippen LogP contribution in [0.15, 0.2) is 34.3 Å². The monoisotopic (exact) mass is 456 g/mol. The molecule has 32 heavy (non-hydrogen) atoms. The van der Waals surface area contributed by atoms with Crippen LogP contribution in [0.5, 0.6) is 0 Å². The van der Waals surface area contributed by atoms with Crippen LogP contribution in [-0.4, -0.2) is 29.4 Å². The second kappa shape index (κ2) is 8.60. The van der Waals surface area contributed by atoms with Gasteiger partial charge in [0.25, 0.3) is 5.91 Å². The summed E-state index contributed by atoms with van der Waals surface area (Å²) in [4.78, 5) is 18.6. The highest BCUT2D eigenvalue weighted by Gasteiger charge is 2.58. The Morgan fingerprint density at radius 1 is 1.22 bits per heavy atom. The molecule has 1 amide bonds. The number of rotatable bonds is 5. The predicted octanol–water partition coefficient (Wildman–Crippen LogP) is 5.06. The number of carbonyl (C=O) groups is 1. The zero-order chi connectivity index (χ0) is 22.3. The van der Waals surface area contributed by atoms with Gasteiger partial charge in [0, 0.05) is 4.88 Å². The van der Waals surface area contributed by atoms with Crippen LogP contribution in [0.1, 0.15) is 70.1 Å². The Kier molecular flexibility index (Phi) is 5.95. The molecular formula is C26H36N2O3S. The Bertz CT molecular complexity index is 910. The molecule has 174 valence electrons. The number of fused-ring (bicyclic) bond motifs is 5. The molecule has 6 heteroatoms. The summed E-state index contributed by atoms with van der Waals surface area (Å²) >= 11 is 1.63. The van der Waals surface area contributed by atoms with Crippen molar-refractivity contribution in [2.45, 2.75) is 77.9 Å². The number of carbonyl (C=O) groups excluding carboxylic acids is 1. The van der Waals surface area contributed by atoms with E-state index in [0.29, 0.717) is 12.5 Å². The number of aliphatic hydroxyl groups is 1. The van der Waals surface area contributed by atoms with E-state index in [0.717, 1.165) is 54.5 Å². The van der Waals surface area contributed by atoms with Crippen molar-refractivity contribution in [3.05, 3.63) is 34.0 Å². The second-order valence-electron chi connectivity index (χ2n) is 10.9. The van der Waals surface area contributed by atoms with E-state index in [2.05, 4.69) is 30.4 Å². The zero-order valence-corrected chi connectivity index (χ0v) is 20.1. The van der Waals surface area contributed by atoms with E-state index in [1.807, 2.05) is 17.5 Å².